The number of aromatic nitrogens is 2. The summed E-state index contributed by atoms with van der Waals surface area (Å²) in [5, 5.41) is 7.74. The Morgan fingerprint density at radius 1 is 1.10 bits per heavy atom. The lowest BCUT2D eigenvalue weighted by Gasteiger charge is -2.10. The molecule has 1 aliphatic carbocycles. The number of hydrogen-bond donors (Lipinski definition) is 1. The van der Waals surface area contributed by atoms with Gasteiger partial charge in [-0.2, -0.15) is 5.10 Å². The van der Waals surface area contributed by atoms with Crippen molar-refractivity contribution in [2.75, 3.05) is 20.8 Å². The average molecular weight is 405 g/mol. The molecule has 1 aromatic heterocycles. The number of nitrogens with zero attached hydrogens (tertiary/aromatic N) is 2. The van der Waals surface area contributed by atoms with Crippen LogP contribution in [0.4, 0.5) is 0 Å². The number of rotatable bonds is 7. The molecule has 0 radical (unpaired) electrons. The van der Waals surface area contributed by atoms with E-state index in [9.17, 15) is 4.79 Å². The number of amides is 1. The maximum Gasteiger partial charge on any atom is 0.272 e. The first-order valence-corrected chi connectivity index (χ1v) is 10.3. The summed E-state index contributed by atoms with van der Waals surface area (Å²) in [5.41, 5.74) is 6.06. The Kier molecular flexibility index (Phi) is 5.74. The zero-order valence-electron chi connectivity index (χ0n) is 17.7. The lowest BCUT2D eigenvalue weighted by molar-refractivity contribution is 0.0948. The lowest BCUT2D eigenvalue weighted by atomic mass is 10.1. The van der Waals surface area contributed by atoms with Crippen molar-refractivity contribution in [1.82, 2.24) is 15.1 Å². The monoisotopic (exact) mass is 405 g/mol. The van der Waals surface area contributed by atoms with Gasteiger partial charge in [0.05, 0.1) is 19.9 Å². The number of ether oxygens (including phenoxy) is 2. The van der Waals surface area contributed by atoms with Gasteiger partial charge in [-0.1, -0.05) is 24.3 Å². The van der Waals surface area contributed by atoms with Crippen molar-refractivity contribution in [2.24, 2.45) is 0 Å². The number of nitrogens with one attached hydrogen (secondary N) is 1. The molecule has 0 atom stereocenters. The van der Waals surface area contributed by atoms with Gasteiger partial charge in [-0.25, -0.2) is 4.68 Å². The second-order valence-electron chi connectivity index (χ2n) is 7.52. The standard InChI is InChI=1S/C24H27N3O3/c1-16-7-4-5-9-19(16)27-20-10-6-8-18(20)23(26-27)24(28)25-14-13-17-11-12-21(29-2)22(15-17)30-3/h4-5,7,9,11-12,15H,6,8,10,13-14H2,1-3H3,(H,25,28). The third kappa shape index (κ3) is 3.77. The van der Waals surface area contributed by atoms with Crippen LogP contribution in [0.1, 0.15) is 39.3 Å². The fourth-order valence-corrected chi connectivity index (χ4v) is 4.06. The molecule has 4 rings (SSSR count). The van der Waals surface area contributed by atoms with Crippen LogP contribution in [0.5, 0.6) is 11.5 Å². The highest BCUT2D eigenvalue weighted by Gasteiger charge is 2.27. The van der Waals surface area contributed by atoms with E-state index in [1.165, 1.54) is 0 Å². The number of fused-ring (bicyclic) bond motifs is 1. The number of hydrogen-bond acceptors (Lipinski definition) is 4. The number of aryl methyl sites for hydroxylation is 1. The lowest BCUT2D eigenvalue weighted by Crippen LogP contribution is -2.27. The van der Waals surface area contributed by atoms with Crippen molar-refractivity contribution >= 4 is 5.91 Å². The number of para-hydroxylation sites is 1. The van der Waals surface area contributed by atoms with Gasteiger partial charge in [0.1, 0.15) is 0 Å². The van der Waals surface area contributed by atoms with Crippen molar-refractivity contribution in [3.63, 3.8) is 0 Å². The van der Waals surface area contributed by atoms with E-state index in [1.807, 2.05) is 35.0 Å². The van der Waals surface area contributed by atoms with Gasteiger partial charge in [0.25, 0.3) is 5.91 Å². The molecule has 6 heteroatoms. The van der Waals surface area contributed by atoms with Gasteiger partial charge in [-0.3, -0.25) is 4.79 Å². The fraction of sp³-hybridized carbons (Fsp3) is 0.333. The fourth-order valence-electron chi connectivity index (χ4n) is 4.06. The summed E-state index contributed by atoms with van der Waals surface area (Å²) in [5.74, 6) is 1.28. The van der Waals surface area contributed by atoms with Gasteiger partial charge in [-0.15, -0.1) is 0 Å². The molecule has 0 saturated heterocycles. The molecule has 156 valence electrons. The van der Waals surface area contributed by atoms with Crippen LogP contribution >= 0.6 is 0 Å². The molecule has 0 spiro atoms. The molecular weight excluding hydrogens is 378 g/mol. The first kappa shape index (κ1) is 20.0. The van der Waals surface area contributed by atoms with E-state index < -0.39 is 0 Å². The number of methoxy groups -OCH3 is 2. The van der Waals surface area contributed by atoms with Crippen LogP contribution in [0.25, 0.3) is 5.69 Å². The van der Waals surface area contributed by atoms with E-state index in [0.29, 0.717) is 30.2 Å². The van der Waals surface area contributed by atoms with Crippen molar-refractivity contribution in [1.29, 1.82) is 0 Å². The highest BCUT2D eigenvalue weighted by atomic mass is 16.5. The van der Waals surface area contributed by atoms with Crippen molar-refractivity contribution < 1.29 is 14.3 Å². The summed E-state index contributed by atoms with van der Waals surface area (Å²) < 4.78 is 12.6. The summed E-state index contributed by atoms with van der Waals surface area (Å²) in [6.45, 7) is 2.60. The molecule has 1 N–H and O–H groups in total. The van der Waals surface area contributed by atoms with Gasteiger partial charge in [0.15, 0.2) is 17.2 Å². The molecule has 1 aliphatic rings. The molecule has 3 aromatic rings. The second-order valence-corrected chi connectivity index (χ2v) is 7.52. The summed E-state index contributed by atoms with van der Waals surface area (Å²) >= 11 is 0. The van der Waals surface area contributed by atoms with Gasteiger partial charge in [0.2, 0.25) is 0 Å². The van der Waals surface area contributed by atoms with Crippen LogP contribution in [-0.4, -0.2) is 36.5 Å². The SMILES string of the molecule is COc1ccc(CCNC(=O)c2nn(-c3ccccc3C)c3c2CCC3)cc1OC. The molecule has 30 heavy (non-hydrogen) atoms. The largest absolute Gasteiger partial charge is 0.493 e. The van der Waals surface area contributed by atoms with Crippen LogP contribution in [-0.2, 0) is 19.3 Å². The summed E-state index contributed by atoms with van der Waals surface area (Å²) in [6.07, 6.45) is 3.62. The molecule has 0 unspecified atom stereocenters. The Morgan fingerprint density at radius 2 is 1.90 bits per heavy atom. The smallest absolute Gasteiger partial charge is 0.272 e. The molecule has 6 nitrogen and oxygen atoms in total. The van der Waals surface area contributed by atoms with E-state index in [4.69, 9.17) is 14.6 Å². The molecule has 1 heterocycles. The van der Waals surface area contributed by atoms with Gasteiger partial charge >= 0.3 is 0 Å². The Balaban J connectivity index is 1.48. The third-order valence-electron chi connectivity index (χ3n) is 5.64. The maximum atomic E-state index is 12.9. The quantitative estimate of drug-likeness (QED) is 0.652. The van der Waals surface area contributed by atoms with Gasteiger partial charge in [0, 0.05) is 17.8 Å². The summed E-state index contributed by atoms with van der Waals surface area (Å²) in [4.78, 5) is 12.9. The Labute approximate surface area is 176 Å². The van der Waals surface area contributed by atoms with Crippen LogP contribution in [0.2, 0.25) is 0 Å². The Hall–Kier alpha value is -3.28. The summed E-state index contributed by atoms with van der Waals surface area (Å²) in [7, 11) is 3.24. The minimum Gasteiger partial charge on any atom is -0.493 e. The average Bonchev–Trinajstić information content (AvgIpc) is 3.37. The molecule has 0 aliphatic heterocycles. The molecule has 0 bridgehead atoms. The van der Waals surface area contributed by atoms with Crippen molar-refractivity contribution in [3.05, 3.63) is 70.5 Å². The zero-order valence-corrected chi connectivity index (χ0v) is 17.7. The van der Waals surface area contributed by atoms with E-state index in [0.717, 1.165) is 47.3 Å². The third-order valence-corrected chi connectivity index (χ3v) is 5.64. The van der Waals surface area contributed by atoms with Crippen LogP contribution in [0.15, 0.2) is 42.5 Å². The predicted octanol–water partition coefficient (Wildman–Crippen LogP) is 3.66. The van der Waals surface area contributed by atoms with E-state index >= 15 is 0 Å². The molecule has 0 fully saturated rings. The van der Waals surface area contributed by atoms with Crippen molar-refractivity contribution in [2.45, 2.75) is 32.6 Å². The first-order valence-electron chi connectivity index (χ1n) is 10.3. The Morgan fingerprint density at radius 3 is 2.67 bits per heavy atom. The number of benzene rings is 2. The normalized spacial score (nSPS) is 12.5. The second kappa shape index (κ2) is 8.61. The molecular formula is C24H27N3O3. The topological polar surface area (TPSA) is 65.4 Å². The number of carbonyl (C=O) groups is 1. The summed E-state index contributed by atoms with van der Waals surface area (Å²) in [6, 6.07) is 14.0. The van der Waals surface area contributed by atoms with Crippen molar-refractivity contribution in [3.8, 4) is 17.2 Å². The maximum absolute atomic E-state index is 12.9. The van der Waals surface area contributed by atoms with Gasteiger partial charge < -0.3 is 14.8 Å². The number of carbonyl (C=O) groups excluding carboxylic acids is 1. The highest BCUT2D eigenvalue weighted by molar-refractivity contribution is 5.94. The van der Waals surface area contributed by atoms with E-state index in [-0.39, 0.29) is 5.91 Å². The highest BCUT2D eigenvalue weighted by Crippen LogP contribution is 2.29. The van der Waals surface area contributed by atoms with Gasteiger partial charge in [-0.05, 0) is 61.9 Å². The molecule has 2 aromatic carbocycles. The van der Waals surface area contributed by atoms with Crippen LogP contribution in [0.3, 0.4) is 0 Å². The Bertz CT molecular complexity index is 1070. The van der Waals surface area contributed by atoms with Crippen LogP contribution in [0, 0.1) is 6.92 Å². The zero-order chi connectivity index (χ0) is 21.1. The predicted molar refractivity (Wildman–Crippen MR) is 116 cm³/mol. The minimum absolute atomic E-state index is 0.110. The van der Waals surface area contributed by atoms with E-state index in [1.54, 1.807) is 14.2 Å². The first-order chi connectivity index (χ1) is 14.6. The van der Waals surface area contributed by atoms with E-state index in [2.05, 4.69) is 24.4 Å². The van der Waals surface area contributed by atoms with Crippen LogP contribution < -0.4 is 14.8 Å². The minimum atomic E-state index is -0.110. The molecule has 0 saturated carbocycles. The molecule has 1 amide bonds.